The minimum atomic E-state index is -1.45. The molecule has 1 heterocycles. The van der Waals surface area contributed by atoms with Crippen LogP contribution in [0.15, 0.2) is 0 Å². The summed E-state index contributed by atoms with van der Waals surface area (Å²) in [7, 11) is 1.42. The number of hydrogen-bond acceptors (Lipinski definition) is 6. The molecule has 0 amide bonds. The average Bonchev–Trinajstić information content (AvgIpc) is 2.22. The first kappa shape index (κ1) is 11.8. The molecule has 6 nitrogen and oxygen atoms in total. The lowest BCUT2D eigenvalue weighted by molar-refractivity contribution is -0.277. The fraction of sp³-hybridized carbons (Fsp3) is 1.00. The van der Waals surface area contributed by atoms with Crippen LogP contribution in [0.5, 0.6) is 0 Å². The zero-order chi connectivity index (χ0) is 10.8. The Bertz CT molecular complexity index is 191. The molecule has 0 aliphatic carbocycles. The van der Waals surface area contributed by atoms with Gasteiger partial charge in [-0.15, -0.1) is 0 Å². The van der Waals surface area contributed by atoms with Crippen LogP contribution in [0, 0.1) is 0 Å². The van der Waals surface area contributed by atoms with Gasteiger partial charge in [-0.25, -0.2) is 0 Å². The molecule has 1 saturated heterocycles. The van der Waals surface area contributed by atoms with Gasteiger partial charge in [0.15, 0.2) is 6.29 Å². The molecule has 0 saturated carbocycles. The van der Waals surface area contributed by atoms with Crippen molar-refractivity contribution in [1.29, 1.82) is 0 Å². The van der Waals surface area contributed by atoms with Gasteiger partial charge >= 0.3 is 0 Å². The summed E-state index contributed by atoms with van der Waals surface area (Å²) < 4.78 is 10.1. The zero-order valence-corrected chi connectivity index (χ0v) is 8.09. The highest BCUT2D eigenvalue weighted by molar-refractivity contribution is 4.96. The van der Waals surface area contributed by atoms with Gasteiger partial charge in [-0.1, -0.05) is 0 Å². The molecule has 84 valence electrons. The number of hydrogen-bond donors (Lipinski definition) is 4. The second kappa shape index (κ2) is 4.52. The van der Waals surface area contributed by atoms with E-state index >= 15 is 0 Å². The van der Waals surface area contributed by atoms with Gasteiger partial charge in [-0.2, -0.15) is 0 Å². The predicted octanol–water partition coefficient (Wildman–Crippen LogP) is -2.21. The number of nitrogens with two attached hydrogens (primary N) is 1. The standard InChI is InChI=1S/C8H17NO5/c1-13-6-2-8(12,4-9)7(11)5(3-10)14-6/h5-7,10-12H,2-4,9H2,1H3/t5-,6+,7-,8+/m1/s1. The van der Waals surface area contributed by atoms with E-state index in [0.717, 1.165) is 0 Å². The van der Waals surface area contributed by atoms with Crippen molar-refractivity contribution in [3.63, 3.8) is 0 Å². The summed E-state index contributed by atoms with van der Waals surface area (Å²) in [4.78, 5) is 0. The van der Waals surface area contributed by atoms with Crippen LogP contribution in [0.25, 0.3) is 0 Å². The average molecular weight is 207 g/mol. The van der Waals surface area contributed by atoms with Crippen molar-refractivity contribution in [3.8, 4) is 0 Å². The highest BCUT2D eigenvalue weighted by Crippen LogP contribution is 2.28. The molecule has 0 aromatic carbocycles. The Hall–Kier alpha value is -0.240. The smallest absolute Gasteiger partial charge is 0.160 e. The molecule has 0 radical (unpaired) electrons. The van der Waals surface area contributed by atoms with Gasteiger partial charge in [-0.05, 0) is 0 Å². The molecule has 0 spiro atoms. The molecule has 0 bridgehead atoms. The minimum absolute atomic E-state index is 0.0949. The van der Waals surface area contributed by atoms with E-state index in [9.17, 15) is 10.2 Å². The Morgan fingerprint density at radius 2 is 2.29 bits per heavy atom. The molecule has 0 aromatic heterocycles. The van der Waals surface area contributed by atoms with Crippen LogP contribution in [-0.4, -0.2) is 59.7 Å². The maximum absolute atomic E-state index is 9.91. The van der Waals surface area contributed by atoms with E-state index in [1.54, 1.807) is 0 Å². The number of methoxy groups -OCH3 is 1. The molecule has 6 heteroatoms. The van der Waals surface area contributed by atoms with Gasteiger partial charge in [0.2, 0.25) is 0 Å². The zero-order valence-electron chi connectivity index (χ0n) is 8.09. The lowest BCUT2D eigenvalue weighted by Crippen LogP contribution is -2.61. The molecule has 5 N–H and O–H groups in total. The van der Waals surface area contributed by atoms with Crippen molar-refractivity contribution in [1.82, 2.24) is 0 Å². The van der Waals surface area contributed by atoms with Gasteiger partial charge in [0.05, 0.1) is 6.61 Å². The van der Waals surface area contributed by atoms with Crippen molar-refractivity contribution in [3.05, 3.63) is 0 Å². The van der Waals surface area contributed by atoms with Crippen LogP contribution in [0.1, 0.15) is 6.42 Å². The maximum atomic E-state index is 9.91. The van der Waals surface area contributed by atoms with E-state index in [-0.39, 0.29) is 19.6 Å². The van der Waals surface area contributed by atoms with E-state index in [4.69, 9.17) is 20.3 Å². The highest BCUT2D eigenvalue weighted by Gasteiger charge is 2.47. The normalized spacial score (nSPS) is 43.9. The summed E-state index contributed by atoms with van der Waals surface area (Å²) in [5, 5.41) is 28.4. The highest BCUT2D eigenvalue weighted by atomic mass is 16.7. The maximum Gasteiger partial charge on any atom is 0.160 e. The summed E-state index contributed by atoms with van der Waals surface area (Å²) in [5.41, 5.74) is 3.91. The Balaban J connectivity index is 2.75. The predicted molar refractivity (Wildman–Crippen MR) is 47.4 cm³/mol. The Labute approximate surface area is 82.2 Å². The van der Waals surface area contributed by atoms with Gasteiger partial charge < -0.3 is 30.5 Å². The summed E-state index contributed by atoms with van der Waals surface area (Å²) in [5.74, 6) is 0. The third-order valence-corrected chi connectivity index (χ3v) is 2.55. The second-order valence-electron chi connectivity index (χ2n) is 3.48. The fourth-order valence-electron chi connectivity index (χ4n) is 1.56. The van der Waals surface area contributed by atoms with Crippen molar-refractivity contribution in [2.45, 2.75) is 30.5 Å². The van der Waals surface area contributed by atoms with E-state index in [2.05, 4.69) is 0 Å². The molecule has 1 aliphatic heterocycles. The minimum Gasteiger partial charge on any atom is -0.394 e. The second-order valence-corrected chi connectivity index (χ2v) is 3.48. The molecule has 0 unspecified atom stereocenters. The quantitative estimate of drug-likeness (QED) is 0.418. The van der Waals surface area contributed by atoms with Gasteiger partial charge in [0.1, 0.15) is 17.8 Å². The fourth-order valence-corrected chi connectivity index (χ4v) is 1.56. The molecule has 4 atom stereocenters. The number of ether oxygens (including phenoxy) is 2. The summed E-state index contributed by atoms with van der Waals surface area (Å²) in [6, 6.07) is 0. The van der Waals surface area contributed by atoms with Gasteiger partial charge in [0.25, 0.3) is 0 Å². The molecule has 0 aromatic rings. The lowest BCUT2D eigenvalue weighted by Gasteiger charge is -2.43. The monoisotopic (exact) mass is 207 g/mol. The van der Waals surface area contributed by atoms with E-state index in [1.165, 1.54) is 7.11 Å². The largest absolute Gasteiger partial charge is 0.394 e. The Morgan fingerprint density at radius 3 is 2.71 bits per heavy atom. The van der Waals surface area contributed by atoms with Crippen LogP contribution in [0.2, 0.25) is 0 Å². The van der Waals surface area contributed by atoms with Gasteiger partial charge in [-0.3, -0.25) is 0 Å². The first-order valence-corrected chi connectivity index (χ1v) is 4.47. The van der Waals surface area contributed by atoms with Gasteiger partial charge in [0, 0.05) is 20.1 Å². The third-order valence-electron chi connectivity index (χ3n) is 2.55. The molecule has 1 aliphatic rings. The van der Waals surface area contributed by atoms with Crippen LogP contribution < -0.4 is 5.73 Å². The molecule has 14 heavy (non-hydrogen) atoms. The Morgan fingerprint density at radius 1 is 1.64 bits per heavy atom. The van der Waals surface area contributed by atoms with Crippen LogP contribution in [0.4, 0.5) is 0 Å². The summed E-state index contributed by atoms with van der Waals surface area (Å²) >= 11 is 0. The van der Waals surface area contributed by atoms with Crippen LogP contribution in [0.3, 0.4) is 0 Å². The molecular weight excluding hydrogens is 190 g/mol. The number of aliphatic hydroxyl groups excluding tert-OH is 2. The molecule has 1 rings (SSSR count). The molecular formula is C8H17NO5. The van der Waals surface area contributed by atoms with Crippen LogP contribution in [-0.2, 0) is 9.47 Å². The van der Waals surface area contributed by atoms with Crippen molar-refractivity contribution < 1.29 is 24.8 Å². The topological polar surface area (TPSA) is 105 Å². The molecule has 1 fully saturated rings. The van der Waals surface area contributed by atoms with Crippen molar-refractivity contribution in [2.75, 3.05) is 20.3 Å². The van der Waals surface area contributed by atoms with E-state index in [1.807, 2.05) is 0 Å². The summed E-state index contributed by atoms with van der Waals surface area (Å²) in [6.45, 7) is -0.489. The number of rotatable bonds is 3. The van der Waals surface area contributed by atoms with Crippen molar-refractivity contribution in [2.24, 2.45) is 5.73 Å². The van der Waals surface area contributed by atoms with E-state index < -0.39 is 24.1 Å². The first-order valence-electron chi connectivity index (χ1n) is 4.47. The first-order chi connectivity index (χ1) is 6.57. The van der Waals surface area contributed by atoms with Crippen LogP contribution >= 0.6 is 0 Å². The summed E-state index contributed by atoms with van der Waals surface area (Å²) in [6.07, 6.45) is -2.60. The number of aliphatic hydroxyl groups is 3. The SMILES string of the molecule is CO[C@@H]1C[C@](O)(CN)[C@H](O)[C@@H](CO)O1. The van der Waals surface area contributed by atoms with Crippen molar-refractivity contribution >= 4 is 0 Å². The third kappa shape index (κ3) is 2.05. The van der Waals surface area contributed by atoms with E-state index in [0.29, 0.717) is 0 Å². The Kier molecular flexibility index (Phi) is 3.82. The lowest BCUT2D eigenvalue weighted by atomic mass is 9.86.